The van der Waals surface area contributed by atoms with Gasteiger partial charge in [-0.15, -0.1) is 0 Å². The van der Waals surface area contributed by atoms with Crippen LogP contribution in [0.25, 0.3) is 0 Å². The Morgan fingerprint density at radius 2 is 2.12 bits per heavy atom. The number of hydrogen-bond acceptors (Lipinski definition) is 5. The van der Waals surface area contributed by atoms with Crippen LogP contribution in [0.2, 0.25) is 0 Å². The highest BCUT2D eigenvalue weighted by molar-refractivity contribution is 5.41. The van der Waals surface area contributed by atoms with Crippen molar-refractivity contribution in [2.75, 3.05) is 26.5 Å². The molecule has 90 valence electrons. The lowest BCUT2D eigenvalue weighted by Gasteiger charge is -2.26. The molecule has 1 aromatic rings. The van der Waals surface area contributed by atoms with E-state index >= 15 is 0 Å². The number of nitrogens with two attached hydrogens (primary N) is 1. The van der Waals surface area contributed by atoms with Crippen LogP contribution in [0.3, 0.4) is 0 Å². The van der Waals surface area contributed by atoms with Gasteiger partial charge in [-0.3, -0.25) is 0 Å². The monoisotopic (exact) mass is 225 g/mol. The van der Waals surface area contributed by atoms with Gasteiger partial charge in [0.05, 0.1) is 6.04 Å². The summed E-state index contributed by atoms with van der Waals surface area (Å²) < 4.78 is 10.5. The molecule has 0 radical (unpaired) electrons. The van der Waals surface area contributed by atoms with E-state index in [-0.39, 0.29) is 12.3 Å². The number of aromatic nitrogens is 1. The maximum absolute atomic E-state index is 5.84. The minimum absolute atomic E-state index is 0.117. The maximum Gasteiger partial charge on any atom is 0.176 e. The molecule has 1 aromatic heterocycles. The Morgan fingerprint density at radius 1 is 1.44 bits per heavy atom. The lowest BCUT2D eigenvalue weighted by Crippen LogP contribution is -2.35. The minimum atomic E-state index is -0.383. The van der Waals surface area contributed by atoms with Crippen LogP contribution in [0, 0.1) is 0 Å². The van der Waals surface area contributed by atoms with Crippen LogP contribution >= 0.6 is 0 Å². The summed E-state index contributed by atoms with van der Waals surface area (Å²) in [6.07, 6.45) is 1.28. The summed E-state index contributed by atoms with van der Waals surface area (Å²) in [6, 6.07) is 3.65. The fourth-order valence-electron chi connectivity index (χ4n) is 1.63. The summed E-state index contributed by atoms with van der Waals surface area (Å²) >= 11 is 0. The highest BCUT2D eigenvalue weighted by atomic mass is 16.7. The van der Waals surface area contributed by atoms with Gasteiger partial charge in [-0.2, -0.15) is 0 Å². The second kappa shape index (κ2) is 6.42. The number of nitrogen functional groups attached to an aromatic ring is 1. The average molecular weight is 225 g/mol. The summed E-state index contributed by atoms with van der Waals surface area (Å²) in [4.78, 5) is 4.06. The average Bonchev–Trinajstić information content (AvgIpc) is 2.30. The van der Waals surface area contributed by atoms with Crippen LogP contribution < -0.4 is 11.1 Å². The highest BCUT2D eigenvalue weighted by Gasteiger charge is 2.23. The lowest BCUT2D eigenvalue weighted by atomic mass is 10.1. The van der Waals surface area contributed by atoms with Gasteiger partial charge >= 0.3 is 0 Å². The van der Waals surface area contributed by atoms with Crippen LogP contribution in [-0.4, -0.2) is 32.0 Å². The number of anilines is 1. The van der Waals surface area contributed by atoms with Crippen LogP contribution in [-0.2, 0) is 9.47 Å². The Morgan fingerprint density at radius 3 is 2.62 bits per heavy atom. The van der Waals surface area contributed by atoms with Crippen LogP contribution in [0.15, 0.2) is 18.3 Å². The fourth-order valence-corrected chi connectivity index (χ4v) is 1.63. The highest BCUT2D eigenvalue weighted by Crippen LogP contribution is 2.23. The standard InChI is InChI=1S/C11H19N3O2/c1-4-13-9(11(15-2)16-3)8-6-5-7-14-10(8)12/h5-7,9,11,13H,4H2,1-3H3,(H2,12,14). The Balaban J connectivity index is 2.97. The number of ether oxygens (including phenoxy) is 2. The largest absolute Gasteiger partial charge is 0.383 e. The third-order valence-electron chi connectivity index (χ3n) is 2.37. The summed E-state index contributed by atoms with van der Waals surface area (Å²) in [5, 5.41) is 3.27. The van der Waals surface area contributed by atoms with E-state index in [1.165, 1.54) is 0 Å². The van der Waals surface area contributed by atoms with E-state index in [0.717, 1.165) is 12.1 Å². The second-order valence-corrected chi connectivity index (χ2v) is 3.35. The van der Waals surface area contributed by atoms with Crippen molar-refractivity contribution in [1.29, 1.82) is 0 Å². The van der Waals surface area contributed by atoms with Gasteiger partial charge in [-0.1, -0.05) is 13.0 Å². The van der Waals surface area contributed by atoms with Crippen LogP contribution in [0.4, 0.5) is 5.82 Å². The van der Waals surface area contributed by atoms with Crippen molar-refractivity contribution in [3.63, 3.8) is 0 Å². The molecule has 0 spiro atoms. The Hall–Kier alpha value is -1.17. The minimum Gasteiger partial charge on any atom is -0.383 e. The van der Waals surface area contributed by atoms with Gasteiger partial charge in [0.25, 0.3) is 0 Å². The van der Waals surface area contributed by atoms with Gasteiger partial charge < -0.3 is 20.5 Å². The zero-order valence-corrected chi connectivity index (χ0v) is 9.93. The smallest absolute Gasteiger partial charge is 0.176 e. The van der Waals surface area contributed by atoms with Gasteiger partial charge in [0.1, 0.15) is 5.82 Å². The predicted octanol–water partition coefficient (Wildman–Crippen LogP) is 0.933. The number of nitrogens with zero attached hydrogens (tertiary/aromatic N) is 1. The summed E-state index contributed by atoms with van der Waals surface area (Å²) in [7, 11) is 3.20. The van der Waals surface area contributed by atoms with E-state index in [2.05, 4.69) is 10.3 Å². The van der Waals surface area contributed by atoms with Crippen molar-refractivity contribution in [3.8, 4) is 0 Å². The number of hydrogen-bond donors (Lipinski definition) is 2. The molecule has 1 heterocycles. The molecule has 0 aromatic carbocycles. The molecule has 5 nitrogen and oxygen atoms in total. The first-order valence-electron chi connectivity index (χ1n) is 5.24. The molecule has 0 amide bonds. The Kier molecular flexibility index (Phi) is 5.18. The first kappa shape index (κ1) is 12.9. The number of likely N-dealkylation sites (N-methyl/N-ethyl adjacent to an activating group) is 1. The van der Waals surface area contributed by atoms with E-state index in [1.807, 2.05) is 19.1 Å². The van der Waals surface area contributed by atoms with Crippen molar-refractivity contribution in [2.45, 2.75) is 19.3 Å². The van der Waals surface area contributed by atoms with Crippen molar-refractivity contribution >= 4 is 5.82 Å². The zero-order valence-electron chi connectivity index (χ0n) is 9.93. The van der Waals surface area contributed by atoms with E-state index < -0.39 is 0 Å². The van der Waals surface area contributed by atoms with Crippen LogP contribution in [0.5, 0.6) is 0 Å². The molecule has 1 atom stereocenters. The molecular formula is C11H19N3O2. The molecule has 0 bridgehead atoms. The normalized spacial score (nSPS) is 13.0. The summed E-state index contributed by atoms with van der Waals surface area (Å²) in [5.41, 5.74) is 6.72. The topological polar surface area (TPSA) is 69.4 Å². The molecule has 0 saturated carbocycles. The predicted molar refractivity (Wildman–Crippen MR) is 62.9 cm³/mol. The Labute approximate surface area is 96.0 Å². The third-order valence-corrected chi connectivity index (χ3v) is 2.37. The number of nitrogens with one attached hydrogen (secondary N) is 1. The third kappa shape index (κ3) is 2.91. The SMILES string of the molecule is CCNC(c1cccnc1N)C(OC)OC. The van der Waals surface area contributed by atoms with Gasteiger partial charge in [0.2, 0.25) is 0 Å². The second-order valence-electron chi connectivity index (χ2n) is 3.35. The molecule has 5 heteroatoms. The fraction of sp³-hybridized carbons (Fsp3) is 0.545. The van der Waals surface area contributed by atoms with Gasteiger partial charge in [0.15, 0.2) is 6.29 Å². The van der Waals surface area contributed by atoms with Crippen molar-refractivity contribution in [3.05, 3.63) is 23.9 Å². The molecule has 0 aliphatic heterocycles. The zero-order chi connectivity index (χ0) is 12.0. The molecule has 3 N–H and O–H groups in total. The van der Waals surface area contributed by atoms with E-state index in [1.54, 1.807) is 20.4 Å². The number of methoxy groups -OCH3 is 2. The maximum atomic E-state index is 5.84. The summed E-state index contributed by atoms with van der Waals surface area (Å²) in [5.74, 6) is 0.493. The lowest BCUT2D eigenvalue weighted by molar-refractivity contribution is -0.123. The molecule has 0 aliphatic carbocycles. The quantitative estimate of drug-likeness (QED) is 0.705. The van der Waals surface area contributed by atoms with E-state index in [4.69, 9.17) is 15.2 Å². The molecular weight excluding hydrogens is 206 g/mol. The van der Waals surface area contributed by atoms with Crippen LogP contribution in [0.1, 0.15) is 18.5 Å². The van der Waals surface area contributed by atoms with E-state index in [0.29, 0.717) is 5.82 Å². The molecule has 0 aliphatic rings. The number of rotatable bonds is 6. The summed E-state index contributed by atoms with van der Waals surface area (Å²) in [6.45, 7) is 2.81. The van der Waals surface area contributed by atoms with E-state index in [9.17, 15) is 0 Å². The van der Waals surface area contributed by atoms with Gasteiger partial charge in [-0.05, 0) is 12.6 Å². The Bertz CT molecular complexity index is 316. The molecule has 0 fully saturated rings. The first-order valence-corrected chi connectivity index (χ1v) is 5.24. The van der Waals surface area contributed by atoms with Crippen molar-refractivity contribution in [2.24, 2.45) is 0 Å². The molecule has 1 unspecified atom stereocenters. The first-order chi connectivity index (χ1) is 7.74. The van der Waals surface area contributed by atoms with Crippen molar-refractivity contribution in [1.82, 2.24) is 10.3 Å². The number of pyridine rings is 1. The molecule has 16 heavy (non-hydrogen) atoms. The van der Waals surface area contributed by atoms with Crippen molar-refractivity contribution < 1.29 is 9.47 Å². The molecule has 1 rings (SSSR count). The van der Waals surface area contributed by atoms with Gasteiger partial charge in [0, 0.05) is 26.0 Å². The molecule has 0 saturated heterocycles. The van der Waals surface area contributed by atoms with Gasteiger partial charge in [-0.25, -0.2) is 4.98 Å².